The van der Waals surface area contributed by atoms with Crippen molar-refractivity contribution in [2.24, 2.45) is 0 Å². The first kappa shape index (κ1) is 22.7. The van der Waals surface area contributed by atoms with Gasteiger partial charge in [0.15, 0.2) is 10.7 Å². The lowest BCUT2D eigenvalue weighted by Gasteiger charge is -2.10. The number of hydrogen-bond acceptors (Lipinski definition) is 4. The number of carbonyl (C=O) groups excluding carboxylic acids is 1. The van der Waals surface area contributed by atoms with Crippen LogP contribution in [0.1, 0.15) is 42.1 Å². The van der Waals surface area contributed by atoms with Crippen molar-refractivity contribution in [3.05, 3.63) is 96.1 Å². The molecule has 0 aliphatic rings. The van der Waals surface area contributed by atoms with Gasteiger partial charge in [-0.2, -0.15) is 0 Å². The first-order chi connectivity index (χ1) is 17.0. The van der Waals surface area contributed by atoms with Crippen molar-refractivity contribution in [3.63, 3.8) is 0 Å². The van der Waals surface area contributed by atoms with Crippen molar-refractivity contribution in [2.45, 2.75) is 26.2 Å². The van der Waals surface area contributed by atoms with E-state index < -0.39 is 0 Å². The van der Waals surface area contributed by atoms with E-state index in [1.54, 1.807) is 6.07 Å². The van der Waals surface area contributed by atoms with Crippen LogP contribution in [0.2, 0.25) is 0 Å². The Morgan fingerprint density at radius 1 is 0.971 bits per heavy atom. The van der Waals surface area contributed by atoms with Gasteiger partial charge in [-0.1, -0.05) is 56.3 Å². The molecule has 1 atom stereocenters. The highest BCUT2D eigenvalue weighted by Gasteiger charge is 2.13. The molecule has 0 aliphatic carbocycles. The highest BCUT2D eigenvalue weighted by atomic mass is 32.1. The summed E-state index contributed by atoms with van der Waals surface area (Å²) < 4.78 is 6.00. The molecule has 0 fully saturated rings. The third-order valence-corrected chi connectivity index (χ3v) is 6.40. The van der Waals surface area contributed by atoms with Crippen molar-refractivity contribution in [1.82, 2.24) is 10.3 Å². The van der Waals surface area contributed by atoms with Crippen LogP contribution in [0.3, 0.4) is 0 Å². The van der Waals surface area contributed by atoms with Crippen LogP contribution in [0.15, 0.2) is 89.3 Å². The first-order valence-corrected chi connectivity index (χ1v) is 12.0. The lowest BCUT2D eigenvalue weighted by atomic mass is 9.98. The number of benzene rings is 4. The van der Waals surface area contributed by atoms with Crippen LogP contribution >= 0.6 is 12.2 Å². The summed E-state index contributed by atoms with van der Waals surface area (Å²) in [5, 5.41) is 8.14. The summed E-state index contributed by atoms with van der Waals surface area (Å²) in [6, 6.07) is 27.3. The molecule has 0 radical (unpaired) electrons. The topological polar surface area (TPSA) is 67.2 Å². The second kappa shape index (κ2) is 9.68. The molecule has 0 spiro atoms. The first-order valence-electron chi connectivity index (χ1n) is 11.6. The van der Waals surface area contributed by atoms with E-state index in [0.717, 1.165) is 39.5 Å². The van der Waals surface area contributed by atoms with Gasteiger partial charge in [-0.3, -0.25) is 10.1 Å². The zero-order valence-corrected chi connectivity index (χ0v) is 20.4. The van der Waals surface area contributed by atoms with Crippen molar-refractivity contribution < 1.29 is 9.21 Å². The number of oxazole rings is 1. The number of hydrogen-bond donors (Lipinski definition) is 2. The minimum atomic E-state index is -0.263. The summed E-state index contributed by atoms with van der Waals surface area (Å²) in [4.78, 5) is 17.4. The predicted molar refractivity (Wildman–Crippen MR) is 146 cm³/mol. The van der Waals surface area contributed by atoms with Crippen molar-refractivity contribution in [3.8, 4) is 11.5 Å². The molecular formula is C29H25N3O2S. The molecule has 1 heterocycles. The molecule has 0 aliphatic heterocycles. The highest BCUT2D eigenvalue weighted by Crippen LogP contribution is 2.29. The molecule has 4 aromatic carbocycles. The molecule has 2 N–H and O–H groups in total. The minimum Gasteiger partial charge on any atom is -0.436 e. The molecule has 0 saturated heterocycles. The van der Waals surface area contributed by atoms with E-state index in [-0.39, 0.29) is 11.0 Å². The van der Waals surface area contributed by atoms with Gasteiger partial charge in [-0.15, -0.1) is 0 Å². The smallest absolute Gasteiger partial charge is 0.257 e. The maximum Gasteiger partial charge on any atom is 0.257 e. The quantitative estimate of drug-likeness (QED) is 0.259. The number of fused-ring (bicyclic) bond motifs is 2. The molecule has 0 bridgehead atoms. The van der Waals surface area contributed by atoms with Gasteiger partial charge in [-0.05, 0) is 83.4 Å². The van der Waals surface area contributed by atoms with Crippen molar-refractivity contribution >= 4 is 50.8 Å². The molecule has 6 heteroatoms. The molecule has 174 valence electrons. The largest absolute Gasteiger partial charge is 0.436 e. The van der Waals surface area contributed by atoms with E-state index in [2.05, 4.69) is 36.6 Å². The summed E-state index contributed by atoms with van der Waals surface area (Å²) in [5.41, 5.74) is 4.94. The Balaban J connectivity index is 1.30. The molecule has 1 aromatic heterocycles. The predicted octanol–water partition coefficient (Wildman–Crippen LogP) is 7.29. The third-order valence-electron chi connectivity index (χ3n) is 6.20. The average molecular weight is 480 g/mol. The Hall–Kier alpha value is -4.03. The Labute approximate surface area is 209 Å². The summed E-state index contributed by atoms with van der Waals surface area (Å²) in [7, 11) is 0. The molecule has 35 heavy (non-hydrogen) atoms. The lowest BCUT2D eigenvalue weighted by Crippen LogP contribution is -2.34. The molecule has 0 saturated carbocycles. The fraction of sp³-hybridized carbons (Fsp3) is 0.138. The van der Waals surface area contributed by atoms with Crippen LogP contribution in [-0.2, 0) is 0 Å². The number of anilines is 1. The average Bonchev–Trinajstić information content (AvgIpc) is 3.31. The Morgan fingerprint density at radius 2 is 1.80 bits per heavy atom. The standard InChI is InChI=1S/C29H25N3O2S/c1-3-18(2)20-13-14-26-25(17-20)31-28(34-26)23-9-6-10-24(16-23)30-29(35)32-27(33)22-12-11-19-7-4-5-8-21(19)15-22/h4-18H,3H2,1-2H3,(H2,30,32,33,35)/t18-/m1/s1. The number of rotatable bonds is 5. The van der Waals surface area contributed by atoms with E-state index in [9.17, 15) is 4.79 Å². The minimum absolute atomic E-state index is 0.219. The molecule has 5 aromatic rings. The maximum absolute atomic E-state index is 12.7. The zero-order valence-electron chi connectivity index (χ0n) is 19.5. The molecule has 0 unspecified atom stereocenters. The fourth-order valence-corrected chi connectivity index (χ4v) is 4.22. The number of nitrogens with one attached hydrogen (secondary N) is 2. The summed E-state index contributed by atoms with van der Waals surface area (Å²) >= 11 is 5.39. The van der Waals surface area contributed by atoms with E-state index in [1.807, 2.05) is 66.7 Å². The van der Waals surface area contributed by atoms with Crippen LogP contribution in [-0.4, -0.2) is 16.0 Å². The summed E-state index contributed by atoms with van der Waals surface area (Å²) in [6.45, 7) is 4.38. The molecular weight excluding hydrogens is 454 g/mol. The summed E-state index contributed by atoms with van der Waals surface area (Å²) in [6.07, 6.45) is 1.07. The fourth-order valence-electron chi connectivity index (χ4n) is 4.01. The van der Waals surface area contributed by atoms with Gasteiger partial charge in [0, 0.05) is 16.8 Å². The number of thiocarbonyl (C=S) groups is 1. The molecule has 5 nitrogen and oxygen atoms in total. The van der Waals surface area contributed by atoms with Gasteiger partial charge in [-0.25, -0.2) is 4.98 Å². The van der Waals surface area contributed by atoms with Gasteiger partial charge < -0.3 is 9.73 Å². The van der Waals surface area contributed by atoms with Crippen LogP contribution in [0, 0.1) is 0 Å². The maximum atomic E-state index is 12.7. The van der Waals surface area contributed by atoms with Gasteiger partial charge in [0.1, 0.15) is 5.52 Å². The van der Waals surface area contributed by atoms with Gasteiger partial charge in [0.25, 0.3) is 5.91 Å². The monoisotopic (exact) mass is 479 g/mol. The summed E-state index contributed by atoms with van der Waals surface area (Å²) in [5.74, 6) is 0.745. The van der Waals surface area contributed by atoms with E-state index in [4.69, 9.17) is 21.6 Å². The number of nitrogens with zero attached hydrogens (tertiary/aromatic N) is 1. The van der Waals surface area contributed by atoms with Gasteiger partial charge >= 0.3 is 0 Å². The Bertz CT molecular complexity index is 1560. The van der Waals surface area contributed by atoms with Crippen LogP contribution < -0.4 is 10.6 Å². The number of amides is 1. The third kappa shape index (κ3) is 4.93. The van der Waals surface area contributed by atoms with E-state index >= 15 is 0 Å². The normalized spacial score (nSPS) is 11.9. The van der Waals surface area contributed by atoms with Gasteiger partial charge in [0.2, 0.25) is 5.89 Å². The second-order valence-corrected chi connectivity index (χ2v) is 9.01. The Kier molecular flexibility index (Phi) is 6.29. The van der Waals surface area contributed by atoms with Crippen molar-refractivity contribution in [2.75, 3.05) is 5.32 Å². The second-order valence-electron chi connectivity index (χ2n) is 8.61. The van der Waals surface area contributed by atoms with Crippen LogP contribution in [0.4, 0.5) is 5.69 Å². The van der Waals surface area contributed by atoms with Crippen molar-refractivity contribution in [1.29, 1.82) is 0 Å². The number of carbonyl (C=O) groups is 1. The number of aromatic nitrogens is 1. The highest BCUT2D eigenvalue weighted by molar-refractivity contribution is 7.80. The van der Waals surface area contributed by atoms with E-state index in [1.165, 1.54) is 5.56 Å². The Morgan fingerprint density at radius 3 is 2.63 bits per heavy atom. The van der Waals surface area contributed by atoms with Crippen LogP contribution in [0.25, 0.3) is 33.3 Å². The van der Waals surface area contributed by atoms with E-state index in [0.29, 0.717) is 17.4 Å². The lowest BCUT2D eigenvalue weighted by molar-refractivity contribution is 0.0978. The van der Waals surface area contributed by atoms with Gasteiger partial charge in [0.05, 0.1) is 0 Å². The zero-order chi connectivity index (χ0) is 24.4. The van der Waals surface area contributed by atoms with Crippen LogP contribution in [0.5, 0.6) is 0 Å². The molecule has 1 amide bonds. The molecule has 5 rings (SSSR count). The SMILES string of the molecule is CC[C@@H](C)c1ccc2oc(-c3cccc(NC(=S)NC(=O)c4ccc5ccccc5c4)c3)nc2c1.